The van der Waals surface area contributed by atoms with Crippen LogP contribution in [0.5, 0.6) is 0 Å². The predicted octanol–water partition coefficient (Wildman–Crippen LogP) is -0.827. The largest absolute Gasteiger partial charge is 0.370 e. The molecule has 0 fully saturated rings. The van der Waals surface area contributed by atoms with E-state index < -0.39 is 11.9 Å². The molecule has 0 heterocycles. The second-order valence-corrected chi connectivity index (χ2v) is 2.89. The van der Waals surface area contributed by atoms with Crippen LogP contribution >= 0.6 is 0 Å². The lowest BCUT2D eigenvalue weighted by Crippen LogP contribution is -2.39. The molecule has 1 unspecified atom stereocenters. The average molecular weight is 172 g/mol. The van der Waals surface area contributed by atoms with Gasteiger partial charge in [-0.1, -0.05) is 0 Å². The number of nitrogens with one attached hydrogen (secondary N) is 1. The first-order valence-electron chi connectivity index (χ1n) is 3.82. The molecule has 0 aliphatic carbocycles. The van der Waals surface area contributed by atoms with Gasteiger partial charge in [-0.15, -0.1) is 0 Å². The normalized spacial score (nSPS) is 14.5. The number of rotatable bonds is 3. The number of hydrogen-bond acceptors (Lipinski definition) is 2. The maximum absolute atomic E-state index is 10.6. The molecule has 0 rings (SSSR count). The van der Waals surface area contributed by atoms with Crippen molar-refractivity contribution in [3.05, 3.63) is 0 Å². The van der Waals surface area contributed by atoms with E-state index in [9.17, 15) is 4.79 Å². The number of nitrogens with zero attached hydrogens (tertiary/aromatic N) is 1. The van der Waals surface area contributed by atoms with Crippen molar-refractivity contribution in [2.75, 3.05) is 0 Å². The van der Waals surface area contributed by atoms with Crippen LogP contribution in [-0.4, -0.2) is 24.0 Å². The van der Waals surface area contributed by atoms with Crippen molar-refractivity contribution in [1.29, 1.82) is 0 Å². The highest BCUT2D eigenvalue weighted by Crippen LogP contribution is 1.86. The van der Waals surface area contributed by atoms with Gasteiger partial charge in [-0.05, 0) is 20.8 Å². The van der Waals surface area contributed by atoms with Gasteiger partial charge in [0.25, 0.3) is 0 Å². The number of carbonyl (C=O) groups excluding carboxylic acids is 1. The minimum absolute atomic E-state index is 0.203. The third-order valence-corrected chi connectivity index (χ3v) is 1.18. The van der Waals surface area contributed by atoms with Gasteiger partial charge in [0, 0.05) is 6.04 Å². The molecule has 5 nitrogen and oxygen atoms in total. The van der Waals surface area contributed by atoms with Gasteiger partial charge in [0.1, 0.15) is 6.04 Å². The fourth-order valence-electron chi connectivity index (χ4n) is 0.605. The lowest BCUT2D eigenvalue weighted by molar-refractivity contribution is -0.118. The standard InChI is InChI=1S/C7H16N4O/c1-4(2)10-7(9)11-5(3)6(8)12/h4-5H,1-3H3,(H2,8,12)(H3,9,10,11). The molecule has 0 aromatic carbocycles. The molecule has 0 aliphatic rings. The van der Waals surface area contributed by atoms with Crippen molar-refractivity contribution in [3.63, 3.8) is 0 Å². The Labute approximate surface area is 72.2 Å². The highest BCUT2D eigenvalue weighted by Gasteiger charge is 2.06. The minimum atomic E-state index is -0.573. The number of aliphatic imine (C=N–C) groups is 1. The quantitative estimate of drug-likeness (QED) is 0.383. The van der Waals surface area contributed by atoms with Crippen LogP contribution in [0.3, 0.4) is 0 Å². The molecule has 0 bridgehead atoms. The zero-order valence-electron chi connectivity index (χ0n) is 7.66. The first kappa shape index (κ1) is 10.7. The predicted molar refractivity (Wildman–Crippen MR) is 48.6 cm³/mol. The lowest BCUT2D eigenvalue weighted by Gasteiger charge is -2.09. The molecule has 5 heteroatoms. The summed E-state index contributed by atoms with van der Waals surface area (Å²) < 4.78 is 0. The van der Waals surface area contributed by atoms with E-state index in [0.717, 1.165) is 0 Å². The lowest BCUT2D eigenvalue weighted by atomic mass is 10.3. The van der Waals surface area contributed by atoms with Gasteiger partial charge in [-0.3, -0.25) is 4.79 Å². The molecule has 12 heavy (non-hydrogen) atoms. The number of guanidine groups is 1. The molecular formula is C7H16N4O. The summed E-state index contributed by atoms with van der Waals surface area (Å²) in [5.41, 5.74) is 10.4. The van der Waals surface area contributed by atoms with Crippen LogP contribution in [0, 0.1) is 0 Å². The second kappa shape index (κ2) is 4.58. The zero-order chi connectivity index (χ0) is 9.72. The highest BCUT2D eigenvalue weighted by atomic mass is 16.1. The van der Waals surface area contributed by atoms with Crippen molar-refractivity contribution in [1.82, 2.24) is 5.32 Å². The van der Waals surface area contributed by atoms with Crippen molar-refractivity contribution in [2.24, 2.45) is 16.5 Å². The van der Waals surface area contributed by atoms with Gasteiger partial charge in [0.15, 0.2) is 5.96 Å². The van der Waals surface area contributed by atoms with E-state index in [1.807, 2.05) is 13.8 Å². The SMILES string of the molecule is CC(C)NC(N)=NC(C)C(N)=O. The maximum atomic E-state index is 10.6. The number of amides is 1. The third-order valence-electron chi connectivity index (χ3n) is 1.18. The van der Waals surface area contributed by atoms with Gasteiger partial charge < -0.3 is 16.8 Å². The molecule has 0 aromatic heterocycles. The molecule has 1 atom stereocenters. The van der Waals surface area contributed by atoms with Crippen molar-refractivity contribution in [2.45, 2.75) is 32.9 Å². The number of carbonyl (C=O) groups is 1. The van der Waals surface area contributed by atoms with E-state index in [4.69, 9.17) is 11.5 Å². The maximum Gasteiger partial charge on any atom is 0.242 e. The van der Waals surface area contributed by atoms with Gasteiger partial charge in [-0.25, -0.2) is 4.99 Å². The van der Waals surface area contributed by atoms with Crippen LogP contribution < -0.4 is 16.8 Å². The van der Waals surface area contributed by atoms with Gasteiger partial charge in [-0.2, -0.15) is 0 Å². The summed E-state index contributed by atoms with van der Waals surface area (Å²) in [6.45, 7) is 5.45. The number of hydrogen-bond donors (Lipinski definition) is 3. The first-order chi connectivity index (χ1) is 5.43. The van der Waals surface area contributed by atoms with Crippen LogP contribution in [0.15, 0.2) is 4.99 Å². The Bertz CT molecular complexity index is 188. The van der Waals surface area contributed by atoms with Crippen molar-refractivity contribution < 1.29 is 4.79 Å². The smallest absolute Gasteiger partial charge is 0.242 e. The molecule has 5 N–H and O–H groups in total. The van der Waals surface area contributed by atoms with Gasteiger partial charge in [0.2, 0.25) is 5.91 Å². The van der Waals surface area contributed by atoms with Crippen molar-refractivity contribution in [3.8, 4) is 0 Å². The summed E-state index contributed by atoms with van der Waals surface area (Å²) >= 11 is 0. The summed E-state index contributed by atoms with van der Waals surface area (Å²) in [5.74, 6) is -0.236. The van der Waals surface area contributed by atoms with E-state index in [2.05, 4.69) is 10.3 Å². The fraction of sp³-hybridized carbons (Fsp3) is 0.714. The fourth-order valence-corrected chi connectivity index (χ4v) is 0.605. The van der Waals surface area contributed by atoms with E-state index in [1.54, 1.807) is 6.92 Å². The molecular weight excluding hydrogens is 156 g/mol. The average Bonchev–Trinajstić information content (AvgIpc) is 1.84. The summed E-state index contributed by atoms with van der Waals surface area (Å²) in [5, 5.41) is 2.85. The Balaban J connectivity index is 4.06. The Hall–Kier alpha value is -1.26. The Kier molecular flexibility index (Phi) is 4.10. The molecule has 0 spiro atoms. The summed E-state index contributed by atoms with van der Waals surface area (Å²) in [7, 11) is 0. The number of nitrogens with two attached hydrogens (primary N) is 2. The first-order valence-corrected chi connectivity index (χ1v) is 3.82. The zero-order valence-corrected chi connectivity index (χ0v) is 7.66. The Morgan fingerprint density at radius 1 is 1.33 bits per heavy atom. The van der Waals surface area contributed by atoms with E-state index in [-0.39, 0.29) is 12.0 Å². The van der Waals surface area contributed by atoms with Crippen LogP contribution in [0.4, 0.5) is 0 Å². The molecule has 0 aromatic rings. The van der Waals surface area contributed by atoms with Gasteiger partial charge in [0.05, 0.1) is 0 Å². The molecule has 0 aliphatic heterocycles. The van der Waals surface area contributed by atoms with E-state index >= 15 is 0 Å². The Morgan fingerprint density at radius 3 is 2.17 bits per heavy atom. The molecule has 0 saturated heterocycles. The van der Waals surface area contributed by atoms with Gasteiger partial charge >= 0.3 is 0 Å². The monoisotopic (exact) mass is 172 g/mol. The van der Waals surface area contributed by atoms with Crippen LogP contribution in [0.25, 0.3) is 0 Å². The Morgan fingerprint density at radius 2 is 1.83 bits per heavy atom. The molecule has 1 amide bonds. The van der Waals surface area contributed by atoms with Crippen molar-refractivity contribution >= 4 is 11.9 Å². The number of primary amides is 1. The van der Waals surface area contributed by atoms with Crippen LogP contribution in [-0.2, 0) is 4.79 Å². The van der Waals surface area contributed by atoms with Crippen LogP contribution in [0.1, 0.15) is 20.8 Å². The summed E-state index contributed by atoms with van der Waals surface area (Å²) in [4.78, 5) is 14.4. The topological polar surface area (TPSA) is 93.5 Å². The van der Waals surface area contributed by atoms with E-state index in [1.165, 1.54) is 0 Å². The minimum Gasteiger partial charge on any atom is -0.370 e. The third kappa shape index (κ3) is 4.54. The summed E-state index contributed by atoms with van der Waals surface area (Å²) in [6, 6.07) is -0.370. The second-order valence-electron chi connectivity index (χ2n) is 2.89. The van der Waals surface area contributed by atoms with E-state index in [0.29, 0.717) is 0 Å². The molecule has 0 saturated carbocycles. The molecule has 70 valence electrons. The summed E-state index contributed by atoms with van der Waals surface area (Å²) in [6.07, 6.45) is 0. The highest BCUT2D eigenvalue weighted by molar-refractivity contribution is 5.85. The molecule has 0 radical (unpaired) electrons. The van der Waals surface area contributed by atoms with Crippen LogP contribution in [0.2, 0.25) is 0 Å².